The van der Waals surface area contributed by atoms with Gasteiger partial charge in [-0.2, -0.15) is 0 Å². The van der Waals surface area contributed by atoms with Crippen LogP contribution < -0.4 is 0 Å². The molecule has 0 aliphatic rings. The molecule has 0 aromatic rings. The van der Waals surface area contributed by atoms with Gasteiger partial charge in [0, 0.05) is 19.3 Å². The summed E-state index contributed by atoms with van der Waals surface area (Å²) in [5.41, 5.74) is 0. The number of rotatable bonds is 54. The highest BCUT2D eigenvalue weighted by atomic mass is 31.2. The van der Waals surface area contributed by atoms with Gasteiger partial charge in [-0.05, 0) is 89.9 Å². The Morgan fingerprint density at radius 3 is 1.08 bits per heavy atom. The molecule has 426 valence electrons. The molecule has 0 radical (unpaired) electrons. The van der Waals surface area contributed by atoms with Crippen LogP contribution in [0.1, 0.15) is 252 Å². The SMILES string of the molecule is CC/C=C\C/C=C\C/C=C\C/C=C\CCCCCCC(=O)OCC(COP(=O)(O)OCC(CO)OC(=O)CCCCCCCCCCCCCCCCC)OC(=O)CCCCCCC/C=C\C/C=C\C/C=C\CC. The molecule has 3 atom stereocenters. The van der Waals surface area contributed by atoms with Crippen LogP contribution in [0.4, 0.5) is 0 Å². The van der Waals surface area contributed by atoms with Crippen molar-refractivity contribution in [2.45, 2.75) is 264 Å². The predicted octanol–water partition coefficient (Wildman–Crippen LogP) is 17.5. The van der Waals surface area contributed by atoms with Crippen molar-refractivity contribution in [1.29, 1.82) is 0 Å². The third-order valence-corrected chi connectivity index (χ3v) is 13.3. The van der Waals surface area contributed by atoms with Crippen molar-refractivity contribution in [3.8, 4) is 0 Å². The van der Waals surface area contributed by atoms with E-state index in [9.17, 15) is 28.9 Å². The molecule has 2 N–H and O–H groups in total. The second kappa shape index (κ2) is 55.9. The smallest absolute Gasteiger partial charge is 0.462 e. The van der Waals surface area contributed by atoms with Crippen LogP contribution in [-0.2, 0) is 42.2 Å². The Balaban J connectivity index is 4.76. The number of ether oxygens (including phenoxy) is 3. The minimum atomic E-state index is -4.76. The third-order valence-electron chi connectivity index (χ3n) is 12.3. The number of allylic oxidation sites excluding steroid dienone is 14. The Labute approximate surface area is 451 Å². The van der Waals surface area contributed by atoms with Gasteiger partial charge >= 0.3 is 25.7 Å². The van der Waals surface area contributed by atoms with Gasteiger partial charge < -0.3 is 24.2 Å². The minimum absolute atomic E-state index is 0.140. The summed E-state index contributed by atoms with van der Waals surface area (Å²) in [5, 5.41) is 9.82. The highest BCUT2D eigenvalue weighted by molar-refractivity contribution is 7.47. The van der Waals surface area contributed by atoms with E-state index in [4.69, 9.17) is 23.3 Å². The van der Waals surface area contributed by atoms with E-state index in [-0.39, 0.29) is 25.9 Å². The van der Waals surface area contributed by atoms with Crippen molar-refractivity contribution in [3.05, 3.63) is 85.1 Å². The maximum Gasteiger partial charge on any atom is 0.472 e. The van der Waals surface area contributed by atoms with Crippen LogP contribution in [0.15, 0.2) is 85.1 Å². The lowest BCUT2D eigenvalue weighted by Crippen LogP contribution is -2.30. The summed E-state index contributed by atoms with van der Waals surface area (Å²) < 4.78 is 39.5. The summed E-state index contributed by atoms with van der Waals surface area (Å²) in [4.78, 5) is 48.6. The number of aliphatic hydroxyl groups excluding tert-OH is 1. The minimum Gasteiger partial charge on any atom is -0.462 e. The average molecular weight is 1060 g/mol. The number of esters is 3. The Morgan fingerprint density at radius 2 is 0.703 bits per heavy atom. The fourth-order valence-electron chi connectivity index (χ4n) is 7.89. The first kappa shape index (κ1) is 70.7. The molecule has 0 spiro atoms. The van der Waals surface area contributed by atoms with Crippen LogP contribution in [0.3, 0.4) is 0 Å². The quantitative estimate of drug-likeness (QED) is 0.0197. The number of unbranched alkanes of at least 4 members (excludes halogenated alkanes) is 23. The van der Waals surface area contributed by atoms with Gasteiger partial charge in [0.1, 0.15) is 12.7 Å². The predicted molar refractivity (Wildman–Crippen MR) is 307 cm³/mol. The zero-order valence-corrected chi connectivity index (χ0v) is 47.9. The van der Waals surface area contributed by atoms with Gasteiger partial charge in [0.2, 0.25) is 0 Å². The number of phosphoric acid groups is 1. The number of carbonyl (C=O) groups excluding carboxylic acids is 3. The zero-order valence-electron chi connectivity index (χ0n) is 47.0. The Hall–Kier alpha value is -3.34. The average Bonchev–Trinajstić information content (AvgIpc) is 3.39. The number of aliphatic hydroxyl groups is 1. The van der Waals surface area contributed by atoms with Gasteiger partial charge in [0.05, 0.1) is 19.8 Å². The third kappa shape index (κ3) is 53.5. The van der Waals surface area contributed by atoms with Crippen LogP contribution >= 0.6 is 7.82 Å². The number of phosphoric ester groups is 1. The van der Waals surface area contributed by atoms with Crippen molar-refractivity contribution < 1.29 is 52.2 Å². The van der Waals surface area contributed by atoms with Gasteiger partial charge in [-0.15, -0.1) is 0 Å². The molecule has 0 heterocycles. The number of hydrogen-bond acceptors (Lipinski definition) is 10. The molecule has 0 aromatic carbocycles. The van der Waals surface area contributed by atoms with Crippen molar-refractivity contribution in [1.82, 2.24) is 0 Å². The largest absolute Gasteiger partial charge is 0.472 e. The maximum absolute atomic E-state index is 12.9. The highest BCUT2D eigenvalue weighted by Gasteiger charge is 2.28. The molecule has 3 unspecified atom stereocenters. The van der Waals surface area contributed by atoms with E-state index in [1.165, 1.54) is 70.6 Å². The topological polar surface area (TPSA) is 155 Å². The van der Waals surface area contributed by atoms with E-state index in [0.29, 0.717) is 19.3 Å². The fraction of sp³-hybridized carbons (Fsp3) is 0.726. The molecule has 12 heteroatoms. The lowest BCUT2D eigenvalue weighted by molar-refractivity contribution is -0.161. The summed E-state index contributed by atoms with van der Waals surface area (Å²) in [6, 6.07) is 0. The van der Waals surface area contributed by atoms with Gasteiger partial charge in [-0.25, -0.2) is 4.57 Å². The van der Waals surface area contributed by atoms with Crippen LogP contribution in [-0.4, -0.2) is 66.5 Å². The summed E-state index contributed by atoms with van der Waals surface area (Å²) in [5.74, 6) is -1.51. The summed E-state index contributed by atoms with van der Waals surface area (Å²) in [6.07, 6.45) is 63.9. The van der Waals surface area contributed by atoms with E-state index in [1.807, 2.05) is 0 Å². The standard InChI is InChI=1S/C62H107O11P/c1-4-7-10-13-16-19-22-25-28-29-32-33-36-39-42-45-48-51-60(64)69-55-59(73-62(66)53-50-47-44-41-38-35-31-27-24-21-18-15-12-9-6-3)57-71-74(67,68)70-56-58(54-63)72-61(65)52-49-46-43-40-37-34-30-26-23-20-17-14-11-8-5-2/h7,9-10,12,16,18-19,21,25,27-28,31-33,58-59,63H,4-6,8,11,13-15,17,20,22-24,26,29-30,34-57H2,1-3H3,(H,67,68)/b10-7-,12-9-,19-16-,21-18-,28-25-,31-27-,33-32-. The van der Waals surface area contributed by atoms with E-state index < -0.39 is 57.8 Å². The highest BCUT2D eigenvalue weighted by Crippen LogP contribution is 2.43. The first-order valence-corrected chi connectivity index (χ1v) is 31.0. The zero-order chi connectivity index (χ0) is 54.1. The molecule has 0 bridgehead atoms. The lowest BCUT2D eigenvalue weighted by Gasteiger charge is -2.21. The van der Waals surface area contributed by atoms with Gasteiger partial charge in [-0.3, -0.25) is 23.4 Å². The van der Waals surface area contributed by atoms with Crippen LogP contribution in [0.2, 0.25) is 0 Å². The molecule has 0 aliphatic carbocycles. The van der Waals surface area contributed by atoms with E-state index in [0.717, 1.165) is 122 Å². The second-order valence-corrected chi connectivity index (χ2v) is 20.9. The van der Waals surface area contributed by atoms with E-state index in [2.05, 4.69) is 106 Å². The maximum atomic E-state index is 12.9. The molecule has 0 saturated heterocycles. The molecule has 0 aromatic heterocycles. The molecule has 0 aliphatic heterocycles. The van der Waals surface area contributed by atoms with E-state index >= 15 is 0 Å². The first-order chi connectivity index (χ1) is 36.2. The monoisotopic (exact) mass is 1060 g/mol. The molecule has 74 heavy (non-hydrogen) atoms. The van der Waals surface area contributed by atoms with Gasteiger partial charge in [-0.1, -0.05) is 228 Å². The summed E-state index contributed by atoms with van der Waals surface area (Å²) in [7, 11) is -4.76. The summed E-state index contributed by atoms with van der Waals surface area (Å²) >= 11 is 0. The molecule has 0 fully saturated rings. The number of hydrogen-bond donors (Lipinski definition) is 2. The van der Waals surface area contributed by atoms with Crippen LogP contribution in [0.5, 0.6) is 0 Å². The normalized spacial score (nSPS) is 14.0. The molecule has 0 rings (SSSR count). The number of carbonyl (C=O) groups is 3. The van der Waals surface area contributed by atoms with Crippen molar-refractivity contribution in [2.75, 3.05) is 26.4 Å². The molecule has 0 amide bonds. The Morgan fingerprint density at radius 1 is 0.392 bits per heavy atom. The van der Waals surface area contributed by atoms with Crippen molar-refractivity contribution >= 4 is 25.7 Å². The molecule has 11 nitrogen and oxygen atoms in total. The Kier molecular flexibility index (Phi) is 53.4. The summed E-state index contributed by atoms with van der Waals surface area (Å²) in [6.45, 7) is 4.39. The van der Waals surface area contributed by atoms with Gasteiger partial charge in [0.15, 0.2) is 6.10 Å². The van der Waals surface area contributed by atoms with Crippen molar-refractivity contribution in [3.63, 3.8) is 0 Å². The second-order valence-electron chi connectivity index (χ2n) is 19.4. The van der Waals surface area contributed by atoms with Crippen molar-refractivity contribution in [2.24, 2.45) is 0 Å². The molecular weight excluding hydrogens is 952 g/mol. The fourth-order valence-corrected chi connectivity index (χ4v) is 8.68. The molecular formula is C62H107O11P. The lowest BCUT2D eigenvalue weighted by atomic mass is 10.0. The van der Waals surface area contributed by atoms with Crippen LogP contribution in [0.25, 0.3) is 0 Å². The molecule has 0 saturated carbocycles. The van der Waals surface area contributed by atoms with Crippen LogP contribution in [0, 0.1) is 0 Å². The Bertz CT molecular complexity index is 1560. The van der Waals surface area contributed by atoms with Gasteiger partial charge in [0.25, 0.3) is 0 Å². The van der Waals surface area contributed by atoms with E-state index in [1.54, 1.807) is 0 Å². The first-order valence-electron chi connectivity index (χ1n) is 29.5.